The fourth-order valence-electron chi connectivity index (χ4n) is 1.91. The van der Waals surface area contributed by atoms with E-state index >= 15 is 0 Å². The summed E-state index contributed by atoms with van der Waals surface area (Å²) in [5.74, 6) is -1.67. The first-order chi connectivity index (χ1) is 9.88. The molecule has 0 atom stereocenters. The van der Waals surface area contributed by atoms with Crippen molar-refractivity contribution < 1.29 is 29.0 Å². The van der Waals surface area contributed by atoms with Crippen LogP contribution >= 0.6 is 0 Å². The number of fused-ring (bicyclic) bond motifs is 1. The fraction of sp³-hybridized carbons (Fsp3) is 0.133. The smallest absolute Gasteiger partial charge is 0.335 e. The lowest BCUT2D eigenvalue weighted by Crippen LogP contribution is -2.05. The first-order valence-electron chi connectivity index (χ1n) is 6.05. The number of carbonyl (C=O) groups excluding carboxylic acids is 2. The second kappa shape index (κ2) is 5.62. The topological polar surface area (TPSA) is 89.9 Å². The van der Waals surface area contributed by atoms with Crippen LogP contribution in [0.5, 0.6) is 11.5 Å². The van der Waals surface area contributed by atoms with Gasteiger partial charge in [0.2, 0.25) is 0 Å². The zero-order valence-corrected chi connectivity index (χ0v) is 11.4. The van der Waals surface area contributed by atoms with Crippen molar-refractivity contribution in [2.75, 3.05) is 0 Å². The molecule has 0 aliphatic rings. The third kappa shape index (κ3) is 3.17. The third-order valence-corrected chi connectivity index (χ3v) is 2.69. The fourth-order valence-corrected chi connectivity index (χ4v) is 1.91. The summed E-state index contributed by atoms with van der Waals surface area (Å²) in [4.78, 5) is 33.3. The van der Waals surface area contributed by atoms with Gasteiger partial charge in [-0.25, -0.2) is 4.79 Å². The van der Waals surface area contributed by atoms with Crippen molar-refractivity contribution in [3.8, 4) is 11.5 Å². The second-order valence-electron chi connectivity index (χ2n) is 4.31. The lowest BCUT2D eigenvalue weighted by molar-refractivity contribution is -0.132. The van der Waals surface area contributed by atoms with Crippen LogP contribution in [0.15, 0.2) is 30.3 Å². The summed E-state index contributed by atoms with van der Waals surface area (Å²) >= 11 is 0. The molecule has 6 nitrogen and oxygen atoms in total. The normalized spacial score (nSPS) is 10.2. The van der Waals surface area contributed by atoms with E-state index in [1.165, 1.54) is 44.2 Å². The highest BCUT2D eigenvalue weighted by atomic mass is 16.5. The van der Waals surface area contributed by atoms with Gasteiger partial charge in [-0.15, -0.1) is 0 Å². The van der Waals surface area contributed by atoms with E-state index in [0.717, 1.165) is 0 Å². The maximum atomic E-state index is 11.1. The van der Waals surface area contributed by atoms with E-state index in [2.05, 4.69) is 0 Å². The van der Waals surface area contributed by atoms with Gasteiger partial charge in [0.25, 0.3) is 0 Å². The van der Waals surface area contributed by atoms with Crippen molar-refractivity contribution in [1.29, 1.82) is 0 Å². The molecule has 2 rings (SSSR count). The van der Waals surface area contributed by atoms with Gasteiger partial charge in [0.1, 0.15) is 11.5 Å². The van der Waals surface area contributed by atoms with Gasteiger partial charge < -0.3 is 14.6 Å². The molecule has 21 heavy (non-hydrogen) atoms. The van der Waals surface area contributed by atoms with Gasteiger partial charge in [-0.1, -0.05) is 0 Å². The highest BCUT2D eigenvalue weighted by Crippen LogP contribution is 2.34. The number of carbonyl (C=O) groups is 3. The van der Waals surface area contributed by atoms with E-state index in [9.17, 15) is 14.4 Å². The van der Waals surface area contributed by atoms with Gasteiger partial charge in [0, 0.05) is 24.6 Å². The van der Waals surface area contributed by atoms with E-state index in [0.29, 0.717) is 10.8 Å². The number of rotatable bonds is 3. The number of carboxylic acid groups (broad SMARTS) is 1. The summed E-state index contributed by atoms with van der Waals surface area (Å²) in [7, 11) is 0. The molecule has 0 radical (unpaired) electrons. The molecule has 2 aromatic carbocycles. The molecule has 0 aliphatic heterocycles. The first-order valence-corrected chi connectivity index (χ1v) is 6.05. The van der Waals surface area contributed by atoms with Gasteiger partial charge in [-0.05, 0) is 30.3 Å². The summed E-state index contributed by atoms with van der Waals surface area (Å²) in [6, 6.07) is 7.19. The Hall–Kier alpha value is -2.89. The van der Waals surface area contributed by atoms with Gasteiger partial charge in [0.15, 0.2) is 0 Å². The van der Waals surface area contributed by atoms with Crippen molar-refractivity contribution in [2.24, 2.45) is 0 Å². The summed E-state index contributed by atoms with van der Waals surface area (Å²) in [5.41, 5.74) is 0.0378. The Morgan fingerprint density at radius 3 is 1.86 bits per heavy atom. The first kappa shape index (κ1) is 14.5. The quantitative estimate of drug-likeness (QED) is 0.689. The summed E-state index contributed by atoms with van der Waals surface area (Å²) in [6.07, 6.45) is 0. The molecule has 2 aromatic rings. The number of esters is 2. The predicted octanol–water partition coefficient (Wildman–Crippen LogP) is 2.39. The summed E-state index contributed by atoms with van der Waals surface area (Å²) < 4.78 is 10.1. The van der Waals surface area contributed by atoms with Crippen molar-refractivity contribution in [1.82, 2.24) is 0 Å². The molecule has 0 amide bonds. The molecule has 1 N–H and O–H groups in total. The van der Waals surface area contributed by atoms with Crippen molar-refractivity contribution in [3.63, 3.8) is 0 Å². The van der Waals surface area contributed by atoms with Crippen LogP contribution in [0.1, 0.15) is 24.2 Å². The summed E-state index contributed by atoms with van der Waals surface area (Å²) in [6.45, 7) is 2.50. The Kier molecular flexibility index (Phi) is 3.89. The third-order valence-electron chi connectivity index (χ3n) is 2.69. The van der Waals surface area contributed by atoms with E-state index in [-0.39, 0.29) is 17.1 Å². The van der Waals surface area contributed by atoms with Gasteiger partial charge in [-0.2, -0.15) is 0 Å². The monoisotopic (exact) mass is 288 g/mol. The molecule has 0 heterocycles. The van der Waals surface area contributed by atoms with Gasteiger partial charge in [0.05, 0.1) is 5.56 Å². The van der Waals surface area contributed by atoms with Crippen LogP contribution in [-0.4, -0.2) is 23.0 Å². The highest BCUT2D eigenvalue weighted by Gasteiger charge is 2.13. The number of benzene rings is 2. The lowest BCUT2D eigenvalue weighted by atomic mass is 10.1. The van der Waals surface area contributed by atoms with Gasteiger partial charge in [-0.3, -0.25) is 9.59 Å². The average Bonchev–Trinajstić information content (AvgIpc) is 2.40. The maximum absolute atomic E-state index is 11.1. The van der Waals surface area contributed by atoms with Crippen molar-refractivity contribution in [3.05, 3.63) is 35.9 Å². The van der Waals surface area contributed by atoms with Crippen LogP contribution in [0, 0.1) is 0 Å². The largest absolute Gasteiger partial charge is 0.478 e. The Balaban J connectivity index is 2.68. The van der Waals surface area contributed by atoms with E-state index in [4.69, 9.17) is 14.6 Å². The Labute approximate surface area is 119 Å². The highest BCUT2D eigenvalue weighted by molar-refractivity contribution is 6.00. The molecule has 0 fully saturated rings. The van der Waals surface area contributed by atoms with E-state index in [1.54, 1.807) is 0 Å². The molecular formula is C15H12O6. The SMILES string of the molecule is CC(=O)Oc1ccc(OC(C)=O)c2cc(C(=O)O)ccc12. The maximum Gasteiger partial charge on any atom is 0.335 e. The Morgan fingerprint density at radius 2 is 1.38 bits per heavy atom. The Bertz CT molecular complexity index is 747. The number of aromatic carboxylic acids is 1. The van der Waals surface area contributed by atoms with Crippen molar-refractivity contribution >= 4 is 28.7 Å². The molecule has 0 aromatic heterocycles. The van der Waals surface area contributed by atoms with Crippen LogP contribution in [-0.2, 0) is 9.59 Å². The standard InChI is InChI=1S/C15H12O6/c1-8(16)20-13-5-6-14(21-9(2)17)12-7-10(15(18)19)3-4-11(12)13/h3-7H,1-2H3,(H,18,19). The zero-order valence-electron chi connectivity index (χ0n) is 11.4. The molecule has 108 valence electrons. The van der Waals surface area contributed by atoms with Crippen LogP contribution in [0.25, 0.3) is 10.8 Å². The molecule has 0 saturated heterocycles. The van der Waals surface area contributed by atoms with Crippen LogP contribution in [0.4, 0.5) is 0 Å². The van der Waals surface area contributed by atoms with Crippen LogP contribution in [0.2, 0.25) is 0 Å². The number of carboxylic acids is 1. The molecule has 0 unspecified atom stereocenters. The predicted molar refractivity (Wildman–Crippen MR) is 73.5 cm³/mol. The van der Waals surface area contributed by atoms with Crippen LogP contribution < -0.4 is 9.47 Å². The number of hydrogen-bond acceptors (Lipinski definition) is 5. The molecular weight excluding hydrogens is 276 g/mol. The molecule has 6 heteroatoms. The average molecular weight is 288 g/mol. The minimum atomic E-state index is -1.11. The zero-order chi connectivity index (χ0) is 15.6. The minimum Gasteiger partial charge on any atom is -0.478 e. The minimum absolute atomic E-state index is 0.0378. The number of hydrogen-bond donors (Lipinski definition) is 1. The van der Waals surface area contributed by atoms with Crippen LogP contribution in [0.3, 0.4) is 0 Å². The second-order valence-corrected chi connectivity index (χ2v) is 4.31. The van der Waals surface area contributed by atoms with E-state index < -0.39 is 17.9 Å². The molecule has 0 spiro atoms. The molecule has 0 saturated carbocycles. The molecule has 0 aliphatic carbocycles. The van der Waals surface area contributed by atoms with Gasteiger partial charge >= 0.3 is 17.9 Å². The molecule has 0 bridgehead atoms. The van der Waals surface area contributed by atoms with E-state index in [1.807, 2.05) is 0 Å². The number of ether oxygens (including phenoxy) is 2. The Morgan fingerprint density at radius 1 is 0.857 bits per heavy atom. The summed E-state index contributed by atoms with van der Waals surface area (Å²) in [5, 5.41) is 9.90. The lowest BCUT2D eigenvalue weighted by Gasteiger charge is -2.11. The van der Waals surface area contributed by atoms with Crippen molar-refractivity contribution in [2.45, 2.75) is 13.8 Å².